The third-order valence-corrected chi connectivity index (χ3v) is 9.32. The molecule has 1 atom stereocenters. The minimum atomic E-state index is -3.84. The van der Waals surface area contributed by atoms with E-state index in [0.29, 0.717) is 31.1 Å². The summed E-state index contributed by atoms with van der Waals surface area (Å²) in [5.74, 6) is -1.15. The maximum Gasteiger partial charge on any atom is 0.243 e. The van der Waals surface area contributed by atoms with E-state index in [1.807, 2.05) is 49.4 Å². The molecule has 0 radical (unpaired) electrons. The van der Waals surface area contributed by atoms with Gasteiger partial charge in [-0.25, -0.2) is 17.8 Å². The summed E-state index contributed by atoms with van der Waals surface area (Å²) in [7, 11) is -3.84. The van der Waals surface area contributed by atoms with Gasteiger partial charge in [0, 0.05) is 13.1 Å². The maximum absolute atomic E-state index is 13.9. The summed E-state index contributed by atoms with van der Waals surface area (Å²) in [6.45, 7) is 2.76. The molecular formula is C27H26FN3O3S2. The van der Waals surface area contributed by atoms with Crippen molar-refractivity contribution in [2.24, 2.45) is 5.92 Å². The molecule has 6 nitrogen and oxygen atoms in total. The Hall–Kier alpha value is -3.14. The Labute approximate surface area is 214 Å². The Morgan fingerprint density at radius 1 is 1.11 bits per heavy atom. The van der Waals surface area contributed by atoms with E-state index in [4.69, 9.17) is 4.98 Å². The molecule has 0 N–H and O–H groups in total. The van der Waals surface area contributed by atoms with Crippen molar-refractivity contribution in [3.05, 3.63) is 89.7 Å². The van der Waals surface area contributed by atoms with Gasteiger partial charge in [0.1, 0.15) is 5.82 Å². The van der Waals surface area contributed by atoms with E-state index in [1.54, 1.807) is 4.90 Å². The predicted octanol–water partition coefficient (Wildman–Crippen LogP) is 5.38. The van der Waals surface area contributed by atoms with Crippen molar-refractivity contribution in [2.75, 3.05) is 18.0 Å². The summed E-state index contributed by atoms with van der Waals surface area (Å²) in [6, 6.07) is 20.5. The van der Waals surface area contributed by atoms with Gasteiger partial charge in [-0.15, -0.1) is 0 Å². The highest BCUT2D eigenvalue weighted by molar-refractivity contribution is 7.89. The summed E-state index contributed by atoms with van der Waals surface area (Å²) in [4.78, 5) is 20.4. The topological polar surface area (TPSA) is 70.6 Å². The SMILES string of the molecule is Cc1ccc2nc(N(Cc3ccccc3)C(=O)C3CCCN(S(=O)(=O)c4ccc(F)cc4)C3)sc2c1. The van der Waals surface area contributed by atoms with Crippen molar-refractivity contribution in [3.8, 4) is 0 Å². The molecule has 0 aliphatic carbocycles. The van der Waals surface area contributed by atoms with Gasteiger partial charge < -0.3 is 0 Å². The number of hydrogen-bond acceptors (Lipinski definition) is 5. The Bertz CT molecular complexity index is 1490. The lowest BCUT2D eigenvalue weighted by atomic mass is 9.98. The van der Waals surface area contributed by atoms with Gasteiger partial charge >= 0.3 is 0 Å². The van der Waals surface area contributed by atoms with Crippen LogP contribution in [0.3, 0.4) is 0 Å². The molecule has 36 heavy (non-hydrogen) atoms. The van der Waals surface area contributed by atoms with Crippen LogP contribution in [0, 0.1) is 18.7 Å². The second kappa shape index (κ2) is 10.1. The first-order valence-electron chi connectivity index (χ1n) is 11.8. The van der Waals surface area contributed by atoms with Gasteiger partial charge in [-0.2, -0.15) is 4.31 Å². The molecule has 1 aromatic heterocycles. The minimum absolute atomic E-state index is 0.0275. The van der Waals surface area contributed by atoms with Crippen LogP contribution in [0.4, 0.5) is 9.52 Å². The number of nitrogens with zero attached hydrogens (tertiary/aromatic N) is 3. The van der Waals surface area contributed by atoms with E-state index in [2.05, 4.69) is 6.07 Å². The number of amides is 1. The molecule has 2 heterocycles. The predicted molar refractivity (Wildman–Crippen MR) is 140 cm³/mol. The molecule has 5 rings (SSSR count). The minimum Gasteiger partial charge on any atom is -0.283 e. The van der Waals surface area contributed by atoms with Gasteiger partial charge in [0.25, 0.3) is 0 Å². The number of benzene rings is 3. The molecule has 1 saturated heterocycles. The largest absolute Gasteiger partial charge is 0.283 e. The average Bonchev–Trinajstić information content (AvgIpc) is 3.31. The molecule has 1 unspecified atom stereocenters. The molecule has 1 aliphatic heterocycles. The van der Waals surface area contributed by atoms with Crippen molar-refractivity contribution >= 4 is 42.6 Å². The lowest BCUT2D eigenvalue weighted by Gasteiger charge is -2.33. The molecule has 0 saturated carbocycles. The fourth-order valence-electron chi connectivity index (χ4n) is 4.48. The van der Waals surface area contributed by atoms with Crippen LogP contribution in [-0.4, -0.2) is 36.7 Å². The summed E-state index contributed by atoms with van der Waals surface area (Å²) in [5.41, 5.74) is 2.91. The monoisotopic (exact) mass is 523 g/mol. The molecule has 3 aromatic carbocycles. The van der Waals surface area contributed by atoms with Crippen LogP contribution in [0.1, 0.15) is 24.0 Å². The molecule has 186 valence electrons. The fourth-order valence-corrected chi connectivity index (χ4v) is 7.07. The van der Waals surface area contributed by atoms with Gasteiger partial charge in [0.15, 0.2) is 5.13 Å². The van der Waals surface area contributed by atoms with Gasteiger partial charge in [0.05, 0.1) is 27.6 Å². The van der Waals surface area contributed by atoms with Gasteiger partial charge in [0.2, 0.25) is 15.9 Å². The number of sulfonamides is 1. The molecule has 4 aromatic rings. The van der Waals surface area contributed by atoms with Gasteiger partial charge in [-0.1, -0.05) is 47.7 Å². The highest BCUT2D eigenvalue weighted by Crippen LogP contribution is 2.33. The first kappa shape index (κ1) is 24.5. The molecule has 1 aliphatic rings. The van der Waals surface area contributed by atoms with E-state index in [9.17, 15) is 17.6 Å². The van der Waals surface area contributed by atoms with E-state index in [-0.39, 0.29) is 17.3 Å². The summed E-state index contributed by atoms with van der Waals surface area (Å²) in [5, 5.41) is 0.600. The summed E-state index contributed by atoms with van der Waals surface area (Å²) in [6.07, 6.45) is 1.15. The third kappa shape index (κ3) is 5.04. The molecule has 0 spiro atoms. The smallest absolute Gasteiger partial charge is 0.243 e. The number of carbonyl (C=O) groups is 1. The number of carbonyl (C=O) groups excluding carboxylic acids is 1. The maximum atomic E-state index is 13.9. The first-order valence-corrected chi connectivity index (χ1v) is 14.0. The van der Waals surface area contributed by atoms with E-state index >= 15 is 0 Å². The molecule has 1 fully saturated rings. The van der Waals surface area contributed by atoms with Crippen LogP contribution in [0.2, 0.25) is 0 Å². The summed E-state index contributed by atoms with van der Waals surface area (Å²) < 4.78 is 42.1. The van der Waals surface area contributed by atoms with Crippen molar-refractivity contribution in [1.29, 1.82) is 0 Å². The lowest BCUT2D eigenvalue weighted by molar-refractivity contribution is -0.123. The van der Waals surface area contributed by atoms with Gasteiger partial charge in [-0.05, 0) is 67.3 Å². The van der Waals surface area contributed by atoms with Crippen molar-refractivity contribution in [2.45, 2.75) is 31.2 Å². The van der Waals surface area contributed by atoms with Crippen molar-refractivity contribution in [3.63, 3.8) is 0 Å². The third-order valence-electron chi connectivity index (χ3n) is 6.40. The van der Waals surface area contributed by atoms with Crippen LogP contribution >= 0.6 is 11.3 Å². The standard InChI is InChI=1S/C27H26FN3O3S2/c1-19-9-14-24-25(16-19)35-27(29-24)31(17-20-6-3-2-4-7-20)26(32)21-8-5-15-30(18-21)36(33,34)23-12-10-22(28)11-13-23/h2-4,6-7,9-14,16,21H,5,8,15,17-18H2,1H3. The van der Waals surface area contributed by atoms with E-state index in [0.717, 1.165) is 33.5 Å². The number of piperidine rings is 1. The second-order valence-corrected chi connectivity index (χ2v) is 12.0. The highest BCUT2D eigenvalue weighted by Gasteiger charge is 2.36. The number of halogens is 1. The number of aryl methyl sites for hydroxylation is 1. The number of hydrogen-bond donors (Lipinski definition) is 0. The first-order chi connectivity index (χ1) is 17.3. The van der Waals surface area contributed by atoms with E-state index < -0.39 is 21.8 Å². The second-order valence-electron chi connectivity index (χ2n) is 9.03. The van der Waals surface area contributed by atoms with Crippen LogP contribution < -0.4 is 4.90 Å². The highest BCUT2D eigenvalue weighted by atomic mass is 32.2. The Morgan fingerprint density at radius 3 is 2.61 bits per heavy atom. The van der Waals surface area contributed by atoms with Crippen molar-refractivity contribution < 1.29 is 17.6 Å². The van der Waals surface area contributed by atoms with Crippen LogP contribution in [0.15, 0.2) is 77.7 Å². The Morgan fingerprint density at radius 2 is 1.86 bits per heavy atom. The number of fused-ring (bicyclic) bond motifs is 1. The number of anilines is 1. The zero-order valence-electron chi connectivity index (χ0n) is 19.8. The van der Waals surface area contributed by atoms with Gasteiger partial charge in [-0.3, -0.25) is 9.69 Å². The lowest BCUT2D eigenvalue weighted by Crippen LogP contribution is -2.46. The molecular weight excluding hydrogens is 497 g/mol. The number of thiazole rings is 1. The average molecular weight is 524 g/mol. The zero-order valence-corrected chi connectivity index (χ0v) is 21.4. The summed E-state index contributed by atoms with van der Waals surface area (Å²) >= 11 is 1.46. The molecule has 1 amide bonds. The number of rotatable bonds is 6. The van der Waals surface area contributed by atoms with Crippen LogP contribution in [-0.2, 0) is 21.4 Å². The Balaban J connectivity index is 1.44. The fraction of sp³-hybridized carbons (Fsp3) is 0.259. The Kier molecular flexibility index (Phi) is 6.87. The molecule has 0 bridgehead atoms. The van der Waals surface area contributed by atoms with E-state index in [1.165, 1.54) is 27.8 Å². The quantitative estimate of drug-likeness (QED) is 0.340. The van der Waals surface area contributed by atoms with Crippen LogP contribution in [0.5, 0.6) is 0 Å². The van der Waals surface area contributed by atoms with Crippen molar-refractivity contribution in [1.82, 2.24) is 9.29 Å². The normalized spacial score (nSPS) is 16.8. The number of aromatic nitrogens is 1. The zero-order chi connectivity index (χ0) is 25.3. The van der Waals surface area contributed by atoms with Crippen LogP contribution in [0.25, 0.3) is 10.2 Å². The molecule has 9 heteroatoms.